The summed E-state index contributed by atoms with van der Waals surface area (Å²) in [5.74, 6) is -0.284. The quantitative estimate of drug-likeness (QED) is 0.262. The standard InChI is InChI=1S/C36H34FN7O2/c37-27-5-1-23(2-6-27)24-3-8-29(9-4-24)43-20-31-18-30(43)21-44(31)34(45)22-42-16-13-26(19-42)36(46)39-28-7-10-33-32(17-28)35(41-40-33)25-11-14-38-15-12-25/h1-12,14-15,17,26,30-31H,13,16,18-22H2,(H,39,46)(H,40,41)/t26-,30+,31+/m1/s1. The first-order valence-corrected chi connectivity index (χ1v) is 15.8. The molecule has 8 rings (SSSR count). The number of hydrogen-bond donors (Lipinski definition) is 2. The molecular weight excluding hydrogens is 581 g/mol. The van der Waals surface area contributed by atoms with Gasteiger partial charge in [0.15, 0.2) is 0 Å². The number of pyridine rings is 1. The molecule has 3 saturated heterocycles. The molecule has 0 saturated carbocycles. The van der Waals surface area contributed by atoms with E-state index in [-0.39, 0.29) is 29.6 Å². The van der Waals surface area contributed by atoms with Gasteiger partial charge in [0, 0.05) is 60.4 Å². The molecule has 46 heavy (non-hydrogen) atoms. The van der Waals surface area contributed by atoms with Crippen molar-refractivity contribution in [3.63, 3.8) is 0 Å². The normalized spacial score (nSPS) is 20.9. The maximum Gasteiger partial charge on any atom is 0.237 e. The van der Waals surface area contributed by atoms with Gasteiger partial charge in [0.25, 0.3) is 0 Å². The highest BCUT2D eigenvalue weighted by molar-refractivity contribution is 5.99. The second-order valence-corrected chi connectivity index (χ2v) is 12.6. The Morgan fingerprint density at radius 1 is 0.870 bits per heavy atom. The van der Waals surface area contributed by atoms with Crippen LogP contribution in [0.5, 0.6) is 0 Å². The summed E-state index contributed by atoms with van der Waals surface area (Å²) in [6, 6.07) is 25.0. The van der Waals surface area contributed by atoms with Gasteiger partial charge in [0.05, 0.1) is 24.0 Å². The zero-order chi connectivity index (χ0) is 31.2. The minimum absolute atomic E-state index is 0.0235. The Balaban J connectivity index is 0.846. The van der Waals surface area contributed by atoms with E-state index in [2.05, 4.69) is 54.6 Å². The molecule has 10 heteroatoms. The molecule has 3 aliphatic rings. The molecule has 2 bridgehead atoms. The lowest BCUT2D eigenvalue weighted by molar-refractivity contribution is -0.133. The molecule has 232 valence electrons. The fourth-order valence-electron chi connectivity index (χ4n) is 7.31. The summed E-state index contributed by atoms with van der Waals surface area (Å²) in [5.41, 5.74) is 6.59. The first-order valence-electron chi connectivity index (χ1n) is 15.8. The highest BCUT2D eigenvalue weighted by atomic mass is 19.1. The van der Waals surface area contributed by atoms with Crippen molar-refractivity contribution < 1.29 is 14.0 Å². The Morgan fingerprint density at radius 2 is 1.63 bits per heavy atom. The van der Waals surface area contributed by atoms with Crippen LogP contribution < -0.4 is 10.2 Å². The maximum absolute atomic E-state index is 13.4. The number of aromatic amines is 1. The third kappa shape index (κ3) is 5.38. The number of nitrogens with one attached hydrogen (secondary N) is 2. The number of carbonyl (C=O) groups excluding carboxylic acids is 2. The van der Waals surface area contributed by atoms with Crippen molar-refractivity contribution in [2.45, 2.75) is 24.9 Å². The molecule has 0 unspecified atom stereocenters. The number of piperazine rings is 1. The summed E-state index contributed by atoms with van der Waals surface area (Å²) in [4.78, 5) is 37.3. The van der Waals surface area contributed by atoms with Gasteiger partial charge in [-0.1, -0.05) is 24.3 Å². The van der Waals surface area contributed by atoms with Crippen LogP contribution in [0.3, 0.4) is 0 Å². The van der Waals surface area contributed by atoms with E-state index in [9.17, 15) is 14.0 Å². The first kappa shape index (κ1) is 28.4. The summed E-state index contributed by atoms with van der Waals surface area (Å²) in [7, 11) is 0. The van der Waals surface area contributed by atoms with E-state index in [1.807, 2.05) is 35.2 Å². The number of nitrogens with zero attached hydrogens (tertiary/aromatic N) is 5. The topological polar surface area (TPSA) is 97.5 Å². The van der Waals surface area contributed by atoms with Crippen molar-refractivity contribution in [1.29, 1.82) is 0 Å². The first-order chi connectivity index (χ1) is 22.5. The van der Waals surface area contributed by atoms with Crippen molar-refractivity contribution in [3.8, 4) is 22.4 Å². The van der Waals surface area contributed by atoms with Crippen LogP contribution in [-0.2, 0) is 9.59 Å². The van der Waals surface area contributed by atoms with E-state index < -0.39 is 0 Å². The Bertz CT molecular complexity index is 1890. The largest absolute Gasteiger partial charge is 0.365 e. The molecule has 0 aliphatic carbocycles. The number of rotatable bonds is 7. The van der Waals surface area contributed by atoms with Crippen LogP contribution >= 0.6 is 0 Å². The summed E-state index contributed by atoms with van der Waals surface area (Å²) in [5, 5.41) is 11.6. The number of H-pyrrole nitrogens is 1. The predicted molar refractivity (Wildman–Crippen MR) is 176 cm³/mol. The SMILES string of the molecule is O=C(Nc1ccc2[nH]nc(-c3ccncc3)c2c1)[C@@H]1CCN(CC(=O)N2C[C@@H]3C[C@H]2CN3c2ccc(-c3ccc(F)cc3)cc2)C1. The van der Waals surface area contributed by atoms with Gasteiger partial charge < -0.3 is 15.1 Å². The van der Waals surface area contributed by atoms with Crippen molar-refractivity contribution in [1.82, 2.24) is 25.0 Å². The number of hydrogen-bond acceptors (Lipinski definition) is 6. The second-order valence-electron chi connectivity index (χ2n) is 12.6. The van der Waals surface area contributed by atoms with Crippen molar-refractivity contribution in [2.75, 3.05) is 42.9 Å². The van der Waals surface area contributed by atoms with Gasteiger partial charge in [-0.05, 0) is 85.1 Å². The Labute approximate surface area is 266 Å². The van der Waals surface area contributed by atoms with E-state index in [1.165, 1.54) is 12.1 Å². The van der Waals surface area contributed by atoms with Crippen molar-refractivity contribution in [2.24, 2.45) is 5.92 Å². The van der Waals surface area contributed by atoms with Gasteiger partial charge in [0.2, 0.25) is 11.8 Å². The van der Waals surface area contributed by atoms with Crippen LogP contribution in [0.25, 0.3) is 33.3 Å². The van der Waals surface area contributed by atoms with Gasteiger partial charge in [0.1, 0.15) is 11.5 Å². The highest BCUT2D eigenvalue weighted by Crippen LogP contribution is 2.36. The van der Waals surface area contributed by atoms with Crippen LogP contribution in [0.15, 0.2) is 91.3 Å². The Kier molecular flexibility index (Phi) is 7.21. The molecule has 2 N–H and O–H groups in total. The second kappa shape index (κ2) is 11.7. The molecule has 5 heterocycles. The fourth-order valence-corrected chi connectivity index (χ4v) is 7.31. The molecule has 2 amide bonds. The number of halogens is 1. The lowest BCUT2D eigenvalue weighted by atomic mass is 10.0. The number of likely N-dealkylation sites (tertiary alicyclic amines) is 2. The molecule has 3 fully saturated rings. The number of carbonyl (C=O) groups is 2. The van der Waals surface area contributed by atoms with E-state index in [0.717, 1.165) is 77.1 Å². The predicted octanol–water partition coefficient (Wildman–Crippen LogP) is 5.18. The zero-order valence-electron chi connectivity index (χ0n) is 25.3. The minimum Gasteiger partial charge on any atom is -0.365 e. The van der Waals surface area contributed by atoms with Crippen LogP contribution in [0.4, 0.5) is 15.8 Å². The lowest BCUT2D eigenvalue weighted by Crippen LogP contribution is -2.51. The average Bonchev–Trinajstić information content (AvgIpc) is 3.90. The zero-order valence-corrected chi connectivity index (χ0v) is 25.3. The van der Waals surface area contributed by atoms with Crippen molar-refractivity contribution >= 4 is 34.1 Å². The summed E-state index contributed by atoms with van der Waals surface area (Å²) < 4.78 is 13.3. The van der Waals surface area contributed by atoms with E-state index in [0.29, 0.717) is 19.1 Å². The molecule has 2 aromatic heterocycles. The minimum atomic E-state index is -0.237. The molecule has 3 atom stereocenters. The number of benzene rings is 3. The van der Waals surface area contributed by atoms with Gasteiger partial charge >= 0.3 is 0 Å². The number of anilines is 2. The van der Waals surface area contributed by atoms with Crippen LogP contribution in [-0.4, -0.2) is 81.6 Å². The number of amides is 2. The third-order valence-electron chi connectivity index (χ3n) is 9.72. The van der Waals surface area contributed by atoms with Crippen LogP contribution in [0, 0.1) is 11.7 Å². The van der Waals surface area contributed by atoms with E-state index in [1.54, 1.807) is 24.5 Å². The number of aromatic nitrogens is 3. The van der Waals surface area contributed by atoms with Gasteiger partial charge in [-0.25, -0.2) is 4.39 Å². The molecule has 3 aromatic carbocycles. The smallest absolute Gasteiger partial charge is 0.237 e. The summed E-state index contributed by atoms with van der Waals surface area (Å²) >= 11 is 0. The fraction of sp³-hybridized carbons (Fsp3) is 0.278. The van der Waals surface area contributed by atoms with Crippen molar-refractivity contribution in [3.05, 3.63) is 97.1 Å². The van der Waals surface area contributed by atoms with E-state index >= 15 is 0 Å². The molecule has 0 spiro atoms. The van der Waals surface area contributed by atoms with Gasteiger partial charge in [-0.2, -0.15) is 5.10 Å². The maximum atomic E-state index is 13.4. The van der Waals surface area contributed by atoms with Crippen LogP contribution in [0.1, 0.15) is 12.8 Å². The summed E-state index contributed by atoms with van der Waals surface area (Å²) in [6.07, 6.45) is 5.17. The van der Waals surface area contributed by atoms with E-state index in [4.69, 9.17) is 0 Å². The molecule has 3 aliphatic heterocycles. The molecular formula is C36H34FN7O2. The van der Waals surface area contributed by atoms with Gasteiger partial charge in [-0.3, -0.25) is 24.6 Å². The van der Waals surface area contributed by atoms with Crippen LogP contribution in [0.2, 0.25) is 0 Å². The number of fused-ring (bicyclic) bond motifs is 3. The molecule has 5 aromatic rings. The Morgan fingerprint density at radius 3 is 2.37 bits per heavy atom. The summed E-state index contributed by atoms with van der Waals surface area (Å²) in [6.45, 7) is 3.18. The molecule has 0 radical (unpaired) electrons. The van der Waals surface area contributed by atoms with Gasteiger partial charge in [-0.15, -0.1) is 0 Å². The molecule has 9 nitrogen and oxygen atoms in total. The lowest BCUT2D eigenvalue weighted by Gasteiger charge is -2.36. The Hall–Kier alpha value is -5.09. The monoisotopic (exact) mass is 615 g/mol. The third-order valence-corrected chi connectivity index (χ3v) is 9.72. The highest BCUT2D eigenvalue weighted by Gasteiger charge is 2.45. The average molecular weight is 616 g/mol.